The number of carbonyl (C=O) groups is 2. The Morgan fingerprint density at radius 2 is 2.19 bits per heavy atom. The van der Waals surface area contributed by atoms with Crippen molar-refractivity contribution >= 4 is 35.7 Å². The van der Waals surface area contributed by atoms with E-state index in [1.807, 2.05) is 25.1 Å². The van der Waals surface area contributed by atoms with Crippen molar-refractivity contribution in [3.8, 4) is 0 Å². The first-order chi connectivity index (χ1) is 12.4. The van der Waals surface area contributed by atoms with Crippen molar-refractivity contribution in [3.05, 3.63) is 47.0 Å². The van der Waals surface area contributed by atoms with E-state index in [9.17, 15) is 9.59 Å². The Kier molecular flexibility index (Phi) is 4.94. The minimum Gasteiger partial charge on any atom is -0.322 e. The molecule has 136 valence electrons. The fourth-order valence-electron chi connectivity index (χ4n) is 2.82. The zero-order valence-electron chi connectivity index (χ0n) is 14.4. The van der Waals surface area contributed by atoms with E-state index in [2.05, 4.69) is 27.4 Å². The summed E-state index contributed by atoms with van der Waals surface area (Å²) in [7, 11) is 1.60. The van der Waals surface area contributed by atoms with Crippen LogP contribution in [-0.4, -0.2) is 59.7 Å². The summed E-state index contributed by atoms with van der Waals surface area (Å²) >= 11 is 6.10. The summed E-state index contributed by atoms with van der Waals surface area (Å²) in [6, 6.07) is 6.17. The van der Waals surface area contributed by atoms with E-state index in [4.69, 9.17) is 11.6 Å². The van der Waals surface area contributed by atoms with Crippen LogP contribution in [0, 0.1) is 0 Å². The number of hydrogen-bond donors (Lipinski definition) is 2. The maximum atomic E-state index is 12.3. The van der Waals surface area contributed by atoms with Gasteiger partial charge in [-0.25, -0.2) is 15.2 Å². The van der Waals surface area contributed by atoms with Gasteiger partial charge in [-0.2, -0.15) is 5.10 Å². The van der Waals surface area contributed by atoms with Crippen LogP contribution in [0.5, 0.6) is 0 Å². The molecular weight excluding hydrogens is 356 g/mol. The van der Waals surface area contributed by atoms with Gasteiger partial charge in [-0.05, 0) is 13.0 Å². The van der Waals surface area contributed by atoms with Gasteiger partial charge in [0.2, 0.25) is 5.96 Å². The first-order valence-corrected chi connectivity index (χ1v) is 8.36. The number of amides is 3. The molecule has 3 amide bonds. The quantitative estimate of drug-likeness (QED) is 0.473. The smallest absolute Gasteiger partial charge is 0.322 e. The van der Waals surface area contributed by atoms with Crippen LogP contribution < -0.4 is 10.7 Å². The topological polar surface area (TPSA) is 89.4 Å². The highest BCUT2D eigenvalue weighted by Gasteiger charge is 2.48. The number of hydrazone groups is 1. The molecule has 9 heteroatoms. The molecule has 0 aromatic heterocycles. The monoisotopic (exact) mass is 374 g/mol. The van der Waals surface area contributed by atoms with E-state index in [0.29, 0.717) is 17.5 Å². The van der Waals surface area contributed by atoms with Crippen LogP contribution >= 0.6 is 11.6 Å². The number of aliphatic imine (C=N–C) groups is 1. The van der Waals surface area contributed by atoms with Gasteiger partial charge in [-0.15, -0.1) is 0 Å². The molecule has 1 aromatic rings. The number of urea groups is 1. The summed E-state index contributed by atoms with van der Waals surface area (Å²) in [4.78, 5) is 31.8. The number of rotatable bonds is 4. The van der Waals surface area contributed by atoms with Crippen LogP contribution in [0.4, 0.5) is 4.79 Å². The van der Waals surface area contributed by atoms with Gasteiger partial charge in [0, 0.05) is 24.2 Å². The number of benzene rings is 1. The Balaban J connectivity index is 1.83. The van der Waals surface area contributed by atoms with Crippen LogP contribution in [-0.2, 0) is 4.79 Å². The first-order valence-electron chi connectivity index (χ1n) is 7.98. The van der Waals surface area contributed by atoms with E-state index < -0.39 is 24.1 Å². The zero-order chi connectivity index (χ0) is 18.8. The van der Waals surface area contributed by atoms with Gasteiger partial charge >= 0.3 is 6.03 Å². The normalized spacial score (nSPS) is 22.3. The maximum Gasteiger partial charge on any atom is 0.325 e. The largest absolute Gasteiger partial charge is 0.325 e. The number of halogens is 1. The van der Waals surface area contributed by atoms with Crippen molar-refractivity contribution in [1.29, 1.82) is 0 Å². The van der Waals surface area contributed by atoms with Crippen molar-refractivity contribution in [2.45, 2.75) is 19.1 Å². The minimum absolute atomic E-state index is 0.392. The second kappa shape index (κ2) is 7.17. The molecule has 2 aliphatic rings. The summed E-state index contributed by atoms with van der Waals surface area (Å²) in [6.07, 6.45) is 0.953. The summed E-state index contributed by atoms with van der Waals surface area (Å²) in [5.41, 5.74) is 4.45. The summed E-state index contributed by atoms with van der Waals surface area (Å²) < 4.78 is 0. The van der Waals surface area contributed by atoms with Gasteiger partial charge in [0.05, 0.1) is 6.21 Å². The molecule has 0 saturated carbocycles. The molecule has 0 bridgehead atoms. The molecule has 0 radical (unpaired) electrons. The maximum absolute atomic E-state index is 12.3. The van der Waals surface area contributed by atoms with E-state index >= 15 is 0 Å². The Hall–Kier alpha value is -2.87. The molecular formula is C17H19ClN6O2. The van der Waals surface area contributed by atoms with Gasteiger partial charge in [0.1, 0.15) is 0 Å². The number of likely N-dealkylation sites (N-methyl/N-ethyl adjacent to an activating group) is 1. The third-order valence-electron chi connectivity index (χ3n) is 4.07. The highest BCUT2D eigenvalue weighted by Crippen LogP contribution is 2.24. The molecule has 0 spiro atoms. The third kappa shape index (κ3) is 3.41. The van der Waals surface area contributed by atoms with Crippen molar-refractivity contribution in [3.63, 3.8) is 0 Å². The predicted molar refractivity (Wildman–Crippen MR) is 100 cm³/mol. The Labute approximate surface area is 156 Å². The second-order valence-electron chi connectivity index (χ2n) is 6.19. The van der Waals surface area contributed by atoms with E-state index in [1.54, 1.807) is 24.2 Å². The van der Waals surface area contributed by atoms with Gasteiger partial charge in [0.25, 0.3) is 5.91 Å². The fourth-order valence-corrected chi connectivity index (χ4v) is 3.01. The standard InChI is InChI=1S/C17H19ClN6O2/c1-10(2)9-24-13-14(23(3)17(26)21-15(13)25)20-16(24)22-19-8-11-6-4-5-7-12(11)18/h4-8,13-14H,1,9H2,2-3H3,(H,20,22)(H,21,25,26)/b19-8+. The highest BCUT2D eigenvalue weighted by molar-refractivity contribution is 6.33. The van der Waals surface area contributed by atoms with Crippen molar-refractivity contribution in [1.82, 2.24) is 20.5 Å². The lowest BCUT2D eigenvalue weighted by molar-refractivity contribution is -0.127. The average Bonchev–Trinajstić information content (AvgIpc) is 2.93. The van der Waals surface area contributed by atoms with Crippen molar-refractivity contribution in [2.24, 2.45) is 10.1 Å². The predicted octanol–water partition coefficient (Wildman–Crippen LogP) is 1.39. The molecule has 2 atom stereocenters. The average molecular weight is 375 g/mol. The fraction of sp³-hybridized carbons (Fsp3) is 0.294. The summed E-state index contributed by atoms with van der Waals surface area (Å²) in [5, 5.41) is 7.08. The lowest BCUT2D eigenvalue weighted by Gasteiger charge is -2.36. The van der Waals surface area contributed by atoms with Crippen LogP contribution in [0.2, 0.25) is 5.02 Å². The molecule has 8 nitrogen and oxygen atoms in total. The molecule has 0 aliphatic carbocycles. The number of carbonyl (C=O) groups excluding carboxylic acids is 2. The summed E-state index contributed by atoms with van der Waals surface area (Å²) in [5.74, 6) is -0.00186. The van der Waals surface area contributed by atoms with E-state index in [-0.39, 0.29) is 0 Å². The number of nitrogens with zero attached hydrogens (tertiary/aromatic N) is 4. The van der Waals surface area contributed by atoms with E-state index in [0.717, 1.165) is 11.1 Å². The molecule has 2 N–H and O–H groups in total. The number of guanidine groups is 1. The third-order valence-corrected chi connectivity index (χ3v) is 4.42. The molecule has 2 aliphatic heterocycles. The van der Waals surface area contributed by atoms with Crippen molar-refractivity contribution < 1.29 is 9.59 Å². The summed E-state index contributed by atoms with van der Waals surface area (Å²) in [6.45, 7) is 6.16. The zero-order valence-corrected chi connectivity index (χ0v) is 15.2. The molecule has 1 aromatic carbocycles. The minimum atomic E-state index is -0.632. The van der Waals surface area contributed by atoms with Gasteiger partial charge < -0.3 is 9.80 Å². The van der Waals surface area contributed by atoms with Gasteiger partial charge in [-0.1, -0.05) is 42.0 Å². The molecule has 1 saturated heterocycles. The molecule has 2 unspecified atom stereocenters. The number of fused-ring (bicyclic) bond motifs is 1. The van der Waals surface area contributed by atoms with Gasteiger partial charge in [-0.3, -0.25) is 10.1 Å². The lowest BCUT2D eigenvalue weighted by atomic mass is 10.1. The van der Waals surface area contributed by atoms with Crippen LogP contribution in [0.1, 0.15) is 12.5 Å². The lowest BCUT2D eigenvalue weighted by Crippen LogP contribution is -2.64. The Morgan fingerprint density at radius 1 is 1.46 bits per heavy atom. The van der Waals surface area contributed by atoms with Crippen molar-refractivity contribution in [2.75, 3.05) is 13.6 Å². The number of imide groups is 1. The SMILES string of the molecule is C=C(C)CN1C(N/N=C/c2ccccc2Cl)=NC2C1C(=O)NC(=O)N2C. The molecule has 3 rings (SSSR count). The van der Waals surface area contributed by atoms with Crippen LogP contribution in [0.25, 0.3) is 0 Å². The van der Waals surface area contributed by atoms with E-state index in [1.165, 1.54) is 4.90 Å². The first kappa shape index (κ1) is 17.9. The molecule has 26 heavy (non-hydrogen) atoms. The molecule has 2 heterocycles. The molecule has 1 fully saturated rings. The number of nitrogens with one attached hydrogen (secondary N) is 2. The van der Waals surface area contributed by atoms with Crippen LogP contribution in [0.15, 0.2) is 46.5 Å². The number of hydrogen-bond acceptors (Lipinski definition) is 6. The van der Waals surface area contributed by atoms with Gasteiger partial charge in [0.15, 0.2) is 12.2 Å². The Bertz CT molecular complexity index is 821. The second-order valence-corrected chi connectivity index (χ2v) is 6.60. The Morgan fingerprint density at radius 3 is 2.88 bits per heavy atom. The highest BCUT2D eigenvalue weighted by atomic mass is 35.5. The van der Waals surface area contributed by atoms with Crippen LogP contribution in [0.3, 0.4) is 0 Å².